The van der Waals surface area contributed by atoms with Crippen LogP contribution in [0.1, 0.15) is 18.2 Å². The van der Waals surface area contributed by atoms with Crippen LogP contribution in [0.25, 0.3) is 0 Å². The standard InChI is InChI=1S/C21H22N2O2/c1-18(22-25-20-11-6-3-7-12-20)15-23(17-21-13-8-14-24-21)16-19-9-4-2-5-10-19/h2-14H,15-17H2,1H3. The van der Waals surface area contributed by atoms with E-state index in [9.17, 15) is 0 Å². The molecule has 0 aliphatic heterocycles. The SMILES string of the molecule is CC(CN(Cc1ccccc1)Cc1ccco1)=NOc1ccccc1. The Bertz CT molecular complexity index is 768. The van der Waals surface area contributed by atoms with E-state index >= 15 is 0 Å². The third-order valence-electron chi connectivity index (χ3n) is 3.71. The fraction of sp³-hybridized carbons (Fsp3) is 0.190. The molecule has 0 saturated heterocycles. The number of oxime groups is 1. The highest BCUT2D eigenvalue weighted by Crippen LogP contribution is 2.12. The number of furan rings is 1. The molecule has 0 radical (unpaired) electrons. The number of nitrogens with zero attached hydrogens (tertiary/aromatic N) is 2. The Labute approximate surface area is 148 Å². The van der Waals surface area contributed by atoms with Gasteiger partial charge in [0.05, 0.1) is 18.5 Å². The first-order chi connectivity index (χ1) is 12.3. The average Bonchev–Trinajstić information content (AvgIpc) is 3.15. The number of rotatable bonds is 8. The minimum atomic E-state index is 0.697. The van der Waals surface area contributed by atoms with E-state index in [0.29, 0.717) is 6.54 Å². The summed E-state index contributed by atoms with van der Waals surface area (Å²) in [5, 5.41) is 4.25. The zero-order valence-electron chi connectivity index (χ0n) is 14.3. The van der Waals surface area contributed by atoms with E-state index in [2.05, 4.69) is 34.3 Å². The molecule has 0 N–H and O–H groups in total. The molecule has 0 amide bonds. The van der Waals surface area contributed by atoms with Gasteiger partial charge in [0.15, 0.2) is 5.75 Å². The van der Waals surface area contributed by atoms with Crippen molar-refractivity contribution in [3.63, 3.8) is 0 Å². The van der Waals surface area contributed by atoms with E-state index < -0.39 is 0 Å². The molecular weight excluding hydrogens is 312 g/mol. The molecule has 4 nitrogen and oxygen atoms in total. The van der Waals surface area contributed by atoms with Gasteiger partial charge < -0.3 is 9.25 Å². The maximum absolute atomic E-state index is 5.50. The van der Waals surface area contributed by atoms with E-state index in [0.717, 1.165) is 30.3 Å². The molecule has 0 aliphatic carbocycles. The van der Waals surface area contributed by atoms with Gasteiger partial charge in [-0.15, -0.1) is 0 Å². The fourth-order valence-electron chi connectivity index (χ4n) is 2.60. The van der Waals surface area contributed by atoms with Crippen molar-refractivity contribution < 1.29 is 9.25 Å². The summed E-state index contributed by atoms with van der Waals surface area (Å²) in [4.78, 5) is 7.77. The molecule has 0 spiro atoms. The summed E-state index contributed by atoms with van der Waals surface area (Å²) < 4.78 is 5.50. The molecule has 3 aromatic rings. The third kappa shape index (κ3) is 5.62. The van der Waals surface area contributed by atoms with Crippen molar-refractivity contribution in [2.45, 2.75) is 20.0 Å². The molecule has 0 fully saturated rings. The monoisotopic (exact) mass is 334 g/mol. The van der Waals surface area contributed by atoms with Crippen LogP contribution in [-0.2, 0) is 13.1 Å². The molecule has 128 valence electrons. The second kappa shape index (κ2) is 8.85. The lowest BCUT2D eigenvalue weighted by atomic mass is 10.2. The highest BCUT2D eigenvalue weighted by Gasteiger charge is 2.11. The molecular formula is C21H22N2O2. The molecule has 4 heteroatoms. The molecule has 1 heterocycles. The van der Waals surface area contributed by atoms with Gasteiger partial charge in [0.2, 0.25) is 0 Å². The molecule has 1 aromatic heterocycles. The normalized spacial score (nSPS) is 11.7. The van der Waals surface area contributed by atoms with Gasteiger partial charge in [-0.05, 0) is 36.8 Å². The van der Waals surface area contributed by atoms with Gasteiger partial charge in [-0.1, -0.05) is 53.7 Å². The Morgan fingerprint density at radius 2 is 1.64 bits per heavy atom. The first-order valence-corrected chi connectivity index (χ1v) is 8.34. The van der Waals surface area contributed by atoms with E-state index in [1.165, 1.54) is 5.56 Å². The number of para-hydroxylation sites is 1. The van der Waals surface area contributed by atoms with Crippen molar-refractivity contribution in [2.24, 2.45) is 5.16 Å². The van der Waals surface area contributed by atoms with Gasteiger partial charge in [-0.3, -0.25) is 4.90 Å². The summed E-state index contributed by atoms with van der Waals surface area (Å²) in [6.07, 6.45) is 1.70. The molecule has 3 rings (SSSR count). The van der Waals surface area contributed by atoms with Crippen molar-refractivity contribution in [1.82, 2.24) is 4.90 Å². The Morgan fingerprint density at radius 3 is 2.32 bits per heavy atom. The predicted molar refractivity (Wildman–Crippen MR) is 99.4 cm³/mol. The highest BCUT2D eigenvalue weighted by atomic mass is 16.6. The zero-order chi connectivity index (χ0) is 17.3. The van der Waals surface area contributed by atoms with Crippen molar-refractivity contribution in [3.05, 3.63) is 90.4 Å². The van der Waals surface area contributed by atoms with Crippen LogP contribution in [0.15, 0.2) is 88.6 Å². The van der Waals surface area contributed by atoms with Gasteiger partial charge in [-0.2, -0.15) is 0 Å². The molecule has 0 bridgehead atoms. The van der Waals surface area contributed by atoms with Crippen LogP contribution >= 0.6 is 0 Å². The van der Waals surface area contributed by atoms with Crippen molar-refractivity contribution in [1.29, 1.82) is 0 Å². The second-order valence-corrected chi connectivity index (χ2v) is 5.94. The lowest BCUT2D eigenvalue weighted by Gasteiger charge is -2.21. The molecule has 0 atom stereocenters. The predicted octanol–water partition coefficient (Wildman–Crippen LogP) is 4.74. The molecule has 25 heavy (non-hydrogen) atoms. The Hall–Kier alpha value is -2.85. The maximum Gasteiger partial charge on any atom is 0.157 e. The Balaban J connectivity index is 1.65. The van der Waals surface area contributed by atoms with Crippen LogP contribution in [0.3, 0.4) is 0 Å². The first-order valence-electron chi connectivity index (χ1n) is 8.34. The molecule has 0 saturated carbocycles. The van der Waals surface area contributed by atoms with Crippen LogP contribution in [0.2, 0.25) is 0 Å². The van der Waals surface area contributed by atoms with Crippen LogP contribution < -0.4 is 4.84 Å². The number of benzene rings is 2. The summed E-state index contributed by atoms with van der Waals surface area (Å²) in [7, 11) is 0. The summed E-state index contributed by atoms with van der Waals surface area (Å²) in [5.74, 6) is 1.68. The van der Waals surface area contributed by atoms with Crippen molar-refractivity contribution in [3.8, 4) is 5.75 Å². The Morgan fingerprint density at radius 1 is 0.920 bits per heavy atom. The quantitative estimate of drug-likeness (QED) is 0.441. The van der Waals surface area contributed by atoms with Crippen LogP contribution in [-0.4, -0.2) is 17.2 Å². The van der Waals surface area contributed by atoms with Gasteiger partial charge in [0, 0.05) is 13.1 Å². The minimum absolute atomic E-state index is 0.697. The topological polar surface area (TPSA) is 38.0 Å². The van der Waals surface area contributed by atoms with E-state index in [1.54, 1.807) is 6.26 Å². The fourth-order valence-corrected chi connectivity index (χ4v) is 2.60. The summed E-state index contributed by atoms with van der Waals surface area (Å²) in [6, 6.07) is 23.9. The molecule has 2 aromatic carbocycles. The minimum Gasteiger partial charge on any atom is -0.468 e. The lowest BCUT2D eigenvalue weighted by Crippen LogP contribution is -2.28. The smallest absolute Gasteiger partial charge is 0.157 e. The lowest BCUT2D eigenvalue weighted by molar-refractivity contribution is 0.262. The van der Waals surface area contributed by atoms with Gasteiger partial charge in [0.25, 0.3) is 0 Å². The average molecular weight is 334 g/mol. The van der Waals surface area contributed by atoms with E-state index in [4.69, 9.17) is 9.25 Å². The van der Waals surface area contributed by atoms with Crippen LogP contribution in [0, 0.1) is 0 Å². The van der Waals surface area contributed by atoms with E-state index in [-0.39, 0.29) is 0 Å². The van der Waals surface area contributed by atoms with Crippen molar-refractivity contribution >= 4 is 5.71 Å². The summed E-state index contributed by atoms with van der Waals surface area (Å²) >= 11 is 0. The number of hydrogen-bond acceptors (Lipinski definition) is 4. The molecule has 0 aliphatic rings. The second-order valence-electron chi connectivity index (χ2n) is 5.94. The molecule has 0 unspecified atom stereocenters. The van der Waals surface area contributed by atoms with Crippen LogP contribution in [0.5, 0.6) is 5.75 Å². The third-order valence-corrected chi connectivity index (χ3v) is 3.71. The summed E-state index contributed by atoms with van der Waals surface area (Å²) in [5.41, 5.74) is 2.16. The van der Waals surface area contributed by atoms with Gasteiger partial charge >= 0.3 is 0 Å². The largest absolute Gasteiger partial charge is 0.468 e. The zero-order valence-corrected chi connectivity index (χ0v) is 14.3. The highest BCUT2D eigenvalue weighted by molar-refractivity contribution is 5.83. The van der Waals surface area contributed by atoms with Gasteiger partial charge in [-0.25, -0.2) is 0 Å². The van der Waals surface area contributed by atoms with E-state index in [1.807, 2.05) is 55.5 Å². The van der Waals surface area contributed by atoms with Crippen molar-refractivity contribution in [2.75, 3.05) is 6.54 Å². The maximum atomic E-state index is 5.50. The van der Waals surface area contributed by atoms with Crippen LogP contribution in [0.4, 0.5) is 0 Å². The number of hydrogen-bond donors (Lipinski definition) is 0. The summed E-state index contributed by atoms with van der Waals surface area (Å²) in [6.45, 7) is 4.21. The first kappa shape index (κ1) is 17.0. The van der Waals surface area contributed by atoms with Gasteiger partial charge in [0.1, 0.15) is 5.76 Å². The Kier molecular flexibility index (Phi) is 6.01.